The van der Waals surface area contributed by atoms with Crippen LogP contribution in [0, 0.1) is 0 Å². The molecule has 0 spiro atoms. The fourth-order valence-electron chi connectivity index (χ4n) is 3.84. The van der Waals surface area contributed by atoms with Gasteiger partial charge in [0.15, 0.2) is 0 Å². The number of aliphatic hydroxyl groups excluding tert-OH is 1. The van der Waals surface area contributed by atoms with Crippen LogP contribution < -0.4 is 5.32 Å². The van der Waals surface area contributed by atoms with Gasteiger partial charge in [-0.2, -0.15) is 0 Å². The SMILES string of the molecule is O=C(NC1(CO)CCc2cccc(-c3cncnc3)c2C1)OCc1ccccc1. The zero-order valence-electron chi connectivity index (χ0n) is 16.0. The van der Waals surface area contributed by atoms with Crippen molar-refractivity contribution in [1.82, 2.24) is 15.3 Å². The first kappa shape index (κ1) is 19.1. The van der Waals surface area contributed by atoms with Gasteiger partial charge < -0.3 is 15.2 Å². The largest absolute Gasteiger partial charge is 0.445 e. The van der Waals surface area contributed by atoms with Crippen LogP contribution in [0.25, 0.3) is 11.1 Å². The zero-order chi connectivity index (χ0) is 20.1. The second kappa shape index (κ2) is 8.41. The summed E-state index contributed by atoms with van der Waals surface area (Å²) in [4.78, 5) is 20.7. The molecule has 1 aromatic heterocycles. The molecule has 6 heteroatoms. The van der Waals surface area contributed by atoms with Crippen LogP contribution >= 0.6 is 0 Å². The predicted molar refractivity (Wildman–Crippen MR) is 109 cm³/mol. The van der Waals surface area contributed by atoms with Crippen LogP contribution in [0.1, 0.15) is 23.1 Å². The molecule has 1 aliphatic carbocycles. The van der Waals surface area contributed by atoms with Crippen LogP contribution in [0.4, 0.5) is 4.79 Å². The van der Waals surface area contributed by atoms with E-state index in [0.717, 1.165) is 28.7 Å². The summed E-state index contributed by atoms with van der Waals surface area (Å²) in [7, 11) is 0. The van der Waals surface area contributed by atoms with Crippen LogP contribution in [0.2, 0.25) is 0 Å². The molecule has 0 bridgehead atoms. The molecule has 148 valence electrons. The van der Waals surface area contributed by atoms with Crippen LogP contribution in [0.15, 0.2) is 67.3 Å². The van der Waals surface area contributed by atoms with E-state index in [1.165, 1.54) is 11.9 Å². The van der Waals surface area contributed by atoms with Gasteiger partial charge in [-0.05, 0) is 41.5 Å². The Hall–Kier alpha value is -3.25. The summed E-state index contributed by atoms with van der Waals surface area (Å²) >= 11 is 0. The monoisotopic (exact) mass is 389 g/mol. The minimum atomic E-state index is -0.757. The Labute approximate surface area is 169 Å². The van der Waals surface area contributed by atoms with Gasteiger partial charge in [-0.15, -0.1) is 0 Å². The van der Waals surface area contributed by atoms with Gasteiger partial charge in [0.2, 0.25) is 0 Å². The van der Waals surface area contributed by atoms with E-state index in [4.69, 9.17) is 4.74 Å². The van der Waals surface area contributed by atoms with E-state index in [-0.39, 0.29) is 13.2 Å². The number of aliphatic hydroxyl groups is 1. The maximum atomic E-state index is 12.5. The van der Waals surface area contributed by atoms with Gasteiger partial charge in [-0.25, -0.2) is 14.8 Å². The van der Waals surface area contributed by atoms with Crippen LogP contribution in [-0.4, -0.2) is 33.3 Å². The van der Waals surface area contributed by atoms with Crippen molar-refractivity contribution in [3.05, 3.63) is 83.9 Å². The number of rotatable bonds is 5. The van der Waals surface area contributed by atoms with Crippen LogP contribution in [0.5, 0.6) is 0 Å². The van der Waals surface area contributed by atoms with Crippen molar-refractivity contribution in [3.8, 4) is 11.1 Å². The average molecular weight is 389 g/mol. The zero-order valence-corrected chi connectivity index (χ0v) is 16.0. The quantitative estimate of drug-likeness (QED) is 0.700. The lowest BCUT2D eigenvalue weighted by Gasteiger charge is -2.38. The maximum Gasteiger partial charge on any atom is 0.407 e. The predicted octanol–water partition coefficient (Wildman–Crippen LogP) is 3.29. The number of nitrogens with zero attached hydrogens (tertiary/aromatic N) is 2. The Kier molecular flexibility index (Phi) is 5.53. The van der Waals surface area contributed by atoms with E-state index >= 15 is 0 Å². The van der Waals surface area contributed by atoms with Gasteiger partial charge in [0.1, 0.15) is 12.9 Å². The van der Waals surface area contributed by atoms with Crippen molar-refractivity contribution in [1.29, 1.82) is 0 Å². The summed E-state index contributed by atoms with van der Waals surface area (Å²) in [5, 5.41) is 13.1. The number of aryl methyl sites for hydroxylation is 1. The number of hydrogen-bond donors (Lipinski definition) is 2. The lowest BCUT2D eigenvalue weighted by Crippen LogP contribution is -2.55. The van der Waals surface area contributed by atoms with E-state index < -0.39 is 11.6 Å². The van der Waals surface area contributed by atoms with Gasteiger partial charge in [-0.1, -0.05) is 48.5 Å². The summed E-state index contributed by atoms with van der Waals surface area (Å²) in [5.74, 6) is 0. The number of aromatic nitrogens is 2. The number of alkyl carbamates (subject to hydrolysis) is 1. The lowest BCUT2D eigenvalue weighted by molar-refractivity contribution is 0.100. The number of nitrogens with one attached hydrogen (secondary N) is 1. The maximum absolute atomic E-state index is 12.5. The lowest BCUT2D eigenvalue weighted by atomic mass is 9.76. The first-order chi connectivity index (χ1) is 14.2. The van der Waals surface area contributed by atoms with Gasteiger partial charge >= 0.3 is 6.09 Å². The summed E-state index contributed by atoms with van der Waals surface area (Å²) in [6.07, 6.45) is 6.46. The van der Waals surface area contributed by atoms with E-state index in [0.29, 0.717) is 12.8 Å². The number of fused-ring (bicyclic) bond motifs is 1. The molecular weight excluding hydrogens is 366 g/mol. The molecule has 1 amide bonds. The van der Waals surface area contributed by atoms with E-state index in [1.807, 2.05) is 42.5 Å². The number of carbonyl (C=O) groups excluding carboxylic acids is 1. The highest BCUT2D eigenvalue weighted by Crippen LogP contribution is 2.35. The van der Waals surface area contributed by atoms with Crippen molar-refractivity contribution < 1.29 is 14.6 Å². The highest BCUT2D eigenvalue weighted by Gasteiger charge is 2.37. The molecule has 3 aromatic rings. The molecule has 1 aliphatic rings. The molecule has 0 fully saturated rings. The Morgan fingerprint density at radius 1 is 1.10 bits per heavy atom. The van der Waals surface area contributed by atoms with Crippen LogP contribution in [-0.2, 0) is 24.2 Å². The minimum Gasteiger partial charge on any atom is -0.445 e. The Morgan fingerprint density at radius 2 is 1.90 bits per heavy atom. The first-order valence-corrected chi connectivity index (χ1v) is 9.65. The minimum absolute atomic E-state index is 0.160. The highest BCUT2D eigenvalue weighted by molar-refractivity contribution is 5.71. The summed E-state index contributed by atoms with van der Waals surface area (Å²) < 4.78 is 5.38. The number of benzene rings is 2. The second-order valence-electron chi connectivity index (χ2n) is 7.37. The number of ether oxygens (including phenoxy) is 1. The van der Waals surface area contributed by atoms with Gasteiger partial charge in [0, 0.05) is 18.0 Å². The summed E-state index contributed by atoms with van der Waals surface area (Å²) in [6.45, 7) is 0.0316. The van der Waals surface area contributed by atoms with E-state index in [9.17, 15) is 9.90 Å². The van der Waals surface area contributed by atoms with Crippen molar-refractivity contribution >= 4 is 6.09 Å². The Morgan fingerprint density at radius 3 is 2.66 bits per heavy atom. The van der Waals surface area contributed by atoms with Gasteiger partial charge in [-0.3, -0.25) is 0 Å². The molecule has 2 aromatic carbocycles. The molecule has 1 atom stereocenters. The fraction of sp³-hybridized carbons (Fsp3) is 0.261. The van der Waals surface area contributed by atoms with E-state index in [1.54, 1.807) is 12.4 Å². The normalized spacial score (nSPS) is 18.0. The summed E-state index contributed by atoms with van der Waals surface area (Å²) in [6, 6.07) is 15.7. The van der Waals surface area contributed by atoms with Crippen molar-refractivity contribution in [2.75, 3.05) is 6.61 Å². The topological polar surface area (TPSA) is 84.3 Å². The number of amides is 1. The molecule has 1 heterocycles. The third-order valence-corrected chi connectivity index (χ3v) is 5.42. The molecule has 29 heavy (non-hydrogen) atoms. The molecule has 4 rings (SSSR count). The molecule has 1 unspecified atom stereocenters. The molecule has 0 aliphatic heterocycles. The molecule has 0 saturated heterocycles. The fourth-order valence-corrected chi connectivity index (χ4v) is 3.84. The summed E-state index contributed by atoms with van der Waals surface area (Å²) in [5.41, 5.74) is 4.43. The third kappa shape index (κ3) is 4.27. The Bertz CT molecular complexity index is 979. The number of carbonyl (C=O) groups is 1. The molecule has 6 nitrogen and oxygen atoms in total. The molecular formula is C23H23N3O3. The first-order valence-electron chi connectivity index (χ1n) is 9.65. The molecule has 0 radical (unpaired) electrons. The second-order valence-corrected chi connectivity index (χ2v) is 7.37. The molecule has 2 N–H and O–H groups in total. The molecule has 0 saturated carbocycles. The third-order valence-electron chi connectivity index (χ3n) is 5.42. The average Bonchev–Trinajstić information content (AvgIpc) is 2.78. The van der Waals surface area contributed by atoms with Crippen LogP contribution in [0.3, 0.4) is 0 Å². The van der Waals surface area contributed by atoms with Crippen molar-refractivity contribution in [3.63, 3.8) is 0 Å². The van der Waals surface area contributed by atoms with Gasteiger partial charge in [0.05, 0.1) is 12.1 Å². The van der Waals surface area contributed by atoms with E-state index in [2.05, 4.69) is 21.4 Å². The smallest absolute Gasteiger partial charge is 0.407 e. The number of hydrogen-bond acceptors (Lipinski definition) is 5. The van der Waals surface area contributed by atoms with Crippen molar-refractivity contribution in [2.24, 2.45) is 0 Å². The highest BCUT2D eigenvalue weighted by atomic mass is 16.5. The Balaban J connectivity index is 1.52. The van der Waals surface area contributed by atoms with Gasteiger partial charge in [0.25, 0.3) is 0 Å². The van der Waals surface area contributed by atoms with Crippen molar-refractivity contribution in [2.45, 2.75) is 31.4 Å². The standard InChI is InChI=1S/C23H23N3O3/c27-15-23(26-22(28)29-14-17-5-2-1-3-6-17)10-9-18-7-4-8-20(21(18)11-23)19-12-24-16-25-13-19/h1-8,12-13,16,27H,9-11,14-15H2,(H,26,28).